The lowest BCUT2D eigenvalue weighted by atomic mass is 9.66. The van der Waals surface area contributed by atoms with Crippen molar-refractivity contribution in [2.45, 2.75) is 30.8 Å². The number of aldehydes is 1. The van der Waals surface area contributed by atoms with Crippen LogP contribution in [-0.2, 0) is 32.9 Å². The number of hydrogen-bond donors (Lipinski definition) is 0. The molecule has 0 saturated heterocycles. The minimum Gasteiger partial charge on any atom is -0.307 e. The van der Waals surface area contributed by atoms with E-state index in [9.17, 15) is 14.4 Å². The number of hydrogen-bond acceptors (Lipinski definition) is 3. The molecule has 0 bridgehead atoms. The quantitative estimate of drug-likeness (QED) is 0.329. The van der Waals surface area contributed by atoms with Crippen molar-refractivity contribution in [2.24, 2.45) is 0 Å². The highest BCUT2D eigenvalue weighted by atomic mass is 16.2. The van der Waals surface area contributed by atoms with Gasteiger partial charge in [0, 0.05) is 17.8 Å². The standard InChI is InChI=1S/C32H26N2O3/c35-20-19-32(26-16-8-10-18-28(26)34(31(32)37)22-24-13-5-2-6-14-24)29-25-15-7-9-17-27(25)33(30(29)36)21-23-11-3-1-4-12-23/h1-18,20,29H,19,21-22H2/t29?,32-/m0/s1. The Morgan fingerprint density at radius 1 is 0.649 bits per heavy atom. The van der Waals surface area contributed by atoms with Gasteiger partial charge in [0.05, 0.1) is 24.4 Å². The molecule has 0 spiro atoms. The van der Waals surface area contributed by atoms with E-state index >= 15 is 0 Å². The van der Waals surface area contributed by atoms with Gasteiger partial charge in [0.1, 0.15) is 6.29 Å². The van der Waals surface area contributed by atoms with E-state index in [4.69, 9.17) is 0 Å². The molecular weight excluding hydrogens is 460 g/mol. The Morgan fingerprint density at radius 3 is 1.84 bits per heavy atom. The Morgan fingerprint density at radius 2 is 1.19 bits per heavy atom. The average Bonchev–Trinajstić information content (AvgIpc) is 3.34. The number of para-hydroxylation sites is 2. The van der Waals surface area contributed by atoms with Crippen LogP contribution in [-0.4, -0.2) is 18.1 Å². The van der Waals surface area contributed by atoms with Crippen LogP contribution in [0.25, 0.3) is 0 Å². The molecule has 4 aromatic rings. The molecule has 5 heteroatoms. The van der Waals surface area contributed by atoms with Gasteiger partial charge in [-0.05, 0) is 34.4 Å². The van der Waals surface area contributed by atoms with Crippen LogP contribution >= 0.6 is 0 Å². The zero-order valence-corrected chi connectivity index (χ0v) is 20.3. The third kappa shape index (κ3) is 3.58. The van der Waals surface area contributed by atoms with Crippen LogP contribution in [0.1, 0.15) is 34.6 Å². The van der Waals surface area contributed by atoms with E-state index in [0.29, 0.717) is 13.1 Å². The SMILES string of the molecule is O=CC[C@]1(C2C(=O)N(Cc3ccccc3)c3ccccc32)C(=O)N(Cc2ccccc2)c2ccccc21. The van der Waals surface area contributed by atoms with Crippen LogP contribution in [0.15, 0.2) is 109 Å². The predicted molar refractivity (Wildman–Crippen MR) is 143 cm³/mol. The first-order valence-electron chi connectivity index (χ1n) is 12.5. The highest BCUT2D eigenvalue weighted by Crippen LogP contribution is 2.56. The van der Waals surface area contributed by atoms with Gasteiger partial charge in [0.15, 0.2) is 0 Å². The van der Waals surface area contributed by atoms with Gasteiger partial charge in [-0.3, -0.25) is 9.59 Å². The molecular formula is C32H26N2O3. The Balaban J connectivity index is 1.50. The van der Waals surface area contributed by atoms with Crippen LogP contribution in [0, 0.1) is 0 Å². The molecule has 2 aliphatic heterocycles. The summed E-state index contributed by atoms with van der Waals surface area (Å²) in [4.78, 5) is 44.5. The number of anilines is 2. The fraction of sp³-hybridized carbons (Fsp3) is 0.156. The largest absolute Gasteiger partial charge is 0.307 e. The maximum absolute atomic E-state index is 14.5. The fourth-order valence-electron chi connectivity index (χ4n) is 5.99. The Hall–Kier alpha value is -4.51. The van der Waals surface area contributed by atoms with Gasteiger partial charge in [-0.25, -0.2) is 0 Å². The number of rotatable bonds is 7. The second-order valence-electron chi connectivity index (χ2n) is 9.64. The molecule has 1 unspecified atom stereocenters. The van der Waals surface area contributed by atoms with E-state index in [0.717, 1.165) is 39.9 Å². The van der Waals surface area contributed by atoms with Crippen LogP contribution in [0.4, 0.5) is 11.4 Å². The Bertz CT molecular complexity index is 1480. The van der Waals surface area contributed by atoms with E-state index < -0.39 is 11.3 Å². The molecule has 6 rings (SSSR count). The second kappa shape index (κ2) is 9.17. The summed E-state index contributed by atoms with van der Waals surface area (Å²) in [6.45, 7) is 0.765. The fourth-order valence-corrected chi connectivity index (χ4v) is 5.99. The van der Waals surface area contributed by atoms with Gasteiger partial charge >= 0.3 is 0 Å². The van der Waals surface area contributed by atoms with Crippen molar-refractivity contribution >= 4 is 29.5 Å². The lowest BCUT2D eigenvalue weighted by molar-refractivity contribution is -0.131. The second-order valence-corrected chi connectivity index (χ2v) is 9.64. The lowest BCUT2D eigenvalue weighted by Crippen LogP contribution is -2.48. The van der Waals surface area contributed by atoms with E-state index in [1.807, 2.05) is 109 Å². The molecule has 2 amide bonds. The maximum atomic E-state index is 14.5. The number of carbonyl (C=O) groups is 3. The molecule has 0 radical (unpaired) electrons. The molecule has 0 fully saturated rings. The summed E-state index contributed by atoms with van der Waals surface area (Å²) in [6, 6.07) is 34.8. The van der Waals surface area contributed by atoms with Crippen molar-refractivity contribution in [3.8, 4) is 0 Å². The van der Waals surface area contributed by atoms with Crippen molar-refractivity contribution < 1.29 is 14.4 Å². The molecule has 4 aromatic carbocycles. The van der Waals surface area contributed by atoms with Crippen LogP contribution < -0.4 is 9.80 Å². The lowest BCUT2D eigenvalue weighted by Gasteiger charge is -2.32. The molecule has 182 valence electrons. The summed E-state index contributed by atoms with van der Waals surface area (Å²) >= 11 is 0. The molecule has 0 N–H and O–H groups in total. The Kier molecular flexibility index (Phi) is 5.68. The smallest absolute Gasteiger partial charge is 0.239 e. The summed E-state index contributed by atoms with van der Waals surface area (Å²) in [5.74, 6) is -1.16. The zero-order chi connectivity index (χ0) is 25.4. The van der Waals surface area contributed by atoms with Gasteiger partial charge in [-0.1, -0.05) is 97.1 Å². The maximum Gasteiger partial charge on any atom is 0.239 e. The molecule has 0 aromatic heterocycles. The van der Waals surface area contributed by atoms with Crippen LogP contribution in [0.3, 0.4) is 0 Å². The van der Waals surface area contributed by atoms with Crippen molar-refractivity contribution in [2.75, 3.05) is 9.80 Å². The first-order chi connectivity index (χ1) is 18.1. The highest BCUT2D eigenvalue weighted by Gasteiger charge is 2.61. The topological polar surface area (TPSA) is 57.7 Å². The monoisotopic (exact) mass is 486 g/mol. The van der Waals surface area contributed by atoms with Gasteiger partial charge < -0.3 is 14.6 Å². The molecule has 2 heterocycles. The zero-order valence-electron chi connectivity index (χ0n) is 20.3. The highest BCUT2D eigenvalue weighted by molar-refractivity contribution is 6.17. The van der Waals surface area contributed by atoms with Crippen molar-refractivity contribution in [3.63, 3.8) is 0 Å². The number of fused-ring (bicyclic) bond motifs is 2. The summed E-state index contributed by atoms with van der Waals surface area (Å²) in [5, 5.41) is 0. The first-order valence-corrected chi connectivity index (χ1v) is 12.5. The van der Waals surface area contributed by atoms with Crippen molar-refractivity contribution in [1.29, 1.82) is 0 Å². The molecule has 0 saturated carbocycles. The molecule has 5 nitrogen and oxygen atoms in total. The van der Waals surface area contributed by atoms with E-state index in [-0.39, 0.29) is 18.2 Å². The number of nitrogens with zero attached hydrogens (tertiary/aromatic N) is 2. The van der Waals surface area contributed by atoms with Gasteiger partial charge in [0.2, 0.25) is 11.8 Å². The molecule has 2 atom stereocenters. The van der Waals surface area contributed by atoms with Gasteiger partial charge in [0.25, 0.3) is 0 Å². The summed E-state index contributed by atoms with van der Waals surface area (Å²) in [6.07, 6.45) is 0.717. The minimum atomic E-state index is -1.31. The van der Waals surface area contributed by atoms with Crippen LogP contribution in [0.5, 0.6) is 0 Å². The van der Waals surface area contributed by atoms with E-state index in [1.54, 1.807) is 9.80 Å². The van der Waals surface area contributed by atoms with Crippen molar-refractivity contribution in [1.82, 2.24) is 0 Å². The molecule has 0 aliphatic carbocycles. The predicted octanol–water partition coefficient (Wildman–Crippen LogP) is 5.39. The summed E-state index contributed by atoms with van der Waals surface area (Å²) in [5.41, 5.74) is 3.73. The molecule has 2 aliphatic rings. The van der Waals surface area contributed by atoms with Gasteiger partial charge in [-0.2, -0.15) is 0 Å². The van der Waals surface area contributed by atoms with E-state index in [1.165, 1.54) is 0 Å². The first kappa shape index (κ1) is 22.9. The summed E-state index contributed by atoms with van der Waals surface area (Å²) in [7, 11) is 0. The normalized spacial score (nSPS) is 20.2. The molecule has 37 heavy (non-hydrogen) atoms. The van der Waals surface area contributed by atoms with Gasteiger partial charge in [-0.15, -0.1) is 0 Å². The number of benzene rings is 4. The number of amides is 2. The average molecular weight is 487 g/mol. The third-order valence-electron chi connectivity index (χ3n) is 7.62. The van der Waals surface area contributed by atoms with Crippen molar-refractivity contribution in [3.05, 3.63) is 131 Å². The van der Waals surface area contributed by atoms with E-state index in [2.05, 4.69) is 0 Å². The Labute approximate surface area is 216 Å². The van der Waals surface area contributed by atoms with Crippen LogP contribution in [0.2, 0.25) is 0 Å². The summed E-state index contributed by atoms with van der Waals surface area (Å²) < 4.78 is 0. The minimum absolute atomic E-state index is 0.0714. The number of carbonyl (C=O) groups excluding carboxylic acids is 3. The third-order valence-corrected chi connectivity index (χ3v) is 7.62.